The summed E-state index contributed by atoms with van der Waals surface area (Å²) in [6.45, 7) is 0. The SMILES string of the molecule is O=C(Nc1c[nH]c2ccc(O[C@H]3C[C@@H](c4ccc(C(F)(F)F)cc4)C3)cc12)c1ccncc1. The second-order valence-electron chi connectivity index (χ2n) is 8.13. The minimum Gasteiger partial charge on any atom is -0.490 e. The van der Waals surface area contributed by atoms with Crippen LogP contribution in [0.2, 0.25) is 0 Å². The van der Waals surface area contributed by atoms with Gasteiger partial charge >= 0.3 is 6.18 Å². The molecule has 1 aliphatic carbocycles. The van der Waals surface area contributed by atoms with E-state index in [9.17, 15) is 18.0 Å². The second kappa shape index (κ2) is 8.27. The molecule has 2 aromatic heterocycles. The number of ether oxygens (including phenoxy) is 1. The summed E-state index contributed by atoms with van der Waals surface area (Å²) in [5.74, 6) is 0.629. The molecule has 5 nitrogen and oxygen atoms in total. The molecule has 33 heavy (non-hydrogen) atoms. The lowest BCUT2D eigenvalue weighted by Gasteiger charge is -2.35. The van der Waals surface area contributed by atoms with Crippen molar-refractivity contribution in [3.8, 4) is 5.75 Å². The number of anilines is 1. The molecular formula is C25H20F3N3O2. The third-order valence-corrected chi connectivity index (χ3v) is 5.95. The number of alkyl halides is 3. The molecule has 2 aromatic carbocycles. The number of hydrogen-bond acceptors (Lipinski definition) is 3. The summed E-state index contributed by atoms with van der Waals surface area (Å²) in [5.41, 5.74) is 2.28. The molecule has 0 bridgehead atoms. The molecule has 2 heterocycles. The first-order valence-electron chi connectivity index (χ1n) is 10.5. The average molecular weight is 451 g/mol. The van der Waals surface area contributed by atoms with Crippen LogP contribution in [0.25, 0.3) is 10.9 Å². The van der Waals surface area contributed by atoms with Crippen LogP contribution in [-0.4, -0.2) is 22.0 Å². The Balaban J connectivity index is 1.23. The molecule has 1 amide bonds. The van der Waals surface area contributed by atoms with Crippen LogP contribution in [0.1, 0.15) is 40.2 Å². The number of pyridine rings is 1. The number of rotatable bonds is 5. The van der Waals surface area contributed by atoms with Crippen molar-refractivity contribution < 1.29 is 22.7 Å². The van der Waals surface area contributed by atoms with E-state index in [-0.39, 0.29) is 17.9 Å². The summed E-state index contributed by atoms with van der Waals surface area (Å²) in [5, 5.41) is 3.73. The van der Waals surface area contributed by atoms with E-state index in [2.05, 4.69) is 15.3 Å². The lowest BCUT2D eigenvalue weighted by molar-refractivity contribution is -0.137. The van der Waals surface area contributed by atoms with Crippen LogP contribution < -0.4 is 10.1 Å². The van der Waals surface area contributed by atoms with Gasteiger partial charge < -0.3 is 15.0 Å². The molecule has 0 atom stereocenters. The molecule has 1 fully saturated rings. The molecule has 5 rings (SSSR count). The number of H-pyrrole nitrogens is 1. The Kier molecular flexibility index (Phi) is 5.28. The molecule has 8 heteroatoms. The monoisotopic (exact) mass is 451 g/mol. The van der Waals surface area contributed by atoms with E-state index in [1.165, 1.54) is 0 Å². The lowest BCUT2D eigenvalue weighted by atomic mass is 9.77. The zero-order valence-corrected chi connectivity index (χ0v) is 17.4. The first-order valence-corrected chi connectivity index (χ1v) is 10.5. The van der Waals surface area contributed by atoms with Gasteiger partial charge in [-0.3, -0.25) is 9.78 Å². The van der Waals surface area contributed by atoms with E-state index in [1.54, 1.807) is 42.9 Å². The van der Waals surface area contributed by atoms with Crippen LogP contribution in [0, 0.1) is 0 Å². The van der Waals surface area contributed by atoms with Crippen molar-refractivity contribution in [2.45, 2.75) is 31.0 Å². The van der Waals surface area contributed by atoms with E-state index in [0.717, 1.165) is 41.4 Å². The maximum absolute atomic E-state index is 12.7. The fraction of sp³-hybridized carbons (Fsp3) is 0.200. The number of carbonyl (C=O) groups is 1. The number of aromatic amines is 1. The molecule has 0 radical (unpaired) electrons. The van der Waals surface area contributed by atoms with Crippen molar-refractivity contribution in [3.63, 3.8) is 0 Å². The zero-order valence-electron chi connectivity index (χ0n) is 17.4. The molecule has 168 valence electrons. The molecule has 0 saturated heterocycles. The first-order chi connectivity index (χ1) is 15.9. The van der Waals surface area contributed by atoms with Crippen molar-refractivity contribution in [3.05, 3.63) is 89.9 Å². The zero-order chi connectivity index (χ0) is 23.0. The fourth-order valence-electron chi connectivity index (χ4n) is 4.04. The summed E-state index contributed by atoms with van der Waals surface area (Å²) in [6, 6.07) is 14.3. The molecular weight excluding hydrogens is 431 g/mol. The largest absolute Gasteiger partial charge is 0.490 e. The van der Waals surface area contributed by atoms with Gasteiger partial charge in [-0.2, -0.15) is 13.2 Å². The van der Waals surface area contributed by atoms with E-state index in [0.29, 0.717) is 17.0 Å². The smallest absolute Gasteiger partial charge is 0.416 e. The van der Waals surface area contributed by atoms with Gasteiger partial charge in [0, 0.05) is 35.1 Å². The maximum atomic E-state index is 12.7. The highest BCUT2D eigenvalue weighted by atomic mass is 19.4. The van der Waals surface area contributed by atoms with Gasteiger partial charge in [0.15, 0.2) is 0 Å². The Morgan fingerprint density at radius 1 is 1.03 bits per heavy atom. The molecule has 0 spiro atoms. The van der Waals surface area contributed by atoms with Gasteiger partial charge in [0.2, 0.25) is 0 Å². The number of nitrogens with zero attached hydrogens (tertiary/aromatic N) is 1. The lowest BCUT2D eigenvalue weighted by Crippen LogP contribution is -2.32. The van der Waals surface area contributed by atoms with Crippen LogP contribution in [0.3, 0.4) is 0 Å². The normalized spacial score (nSPS) is 18.0. The number of carbonyl (C=O) groups excluding carboxylic acids is 1. The van der Waals surface area contributed by atoms with Crippen molar-refractivity contribution in [1.29, 1.82) is 0 Å². The Morgan fingerprint density at radius 3 is 2.45 bits per heavy atom. The number of aromatic nitrogens is 2. The Morgan fingerprint density at radius 2 is 1.76 bits per heavy atom. The van der Waals surface area contributed by atoms with Gasteiger partial charge in [0.05, 0.1) is 17.4 Å². The average Bonchev–Trinajstić information content (AvgIpc) is 3.18. The van der Waals surface area contributed by atoms with Crippen molar-refractivity contribution in [1.82, 2.24) is 9.97 Å². The van der Waals surface area contributed by atoms with Gasteiger partial charge in [0.1, 0.15) is 5.75 Å². The number of fused-ring (bicyclic) bond motifs is 1. The maximum Gasteiger partial charge on any atom is 0.416 e. The Hall–Kier alpha value is -3.81. The van der Waals surface area contributed by atoms with Crippen LogP contribution in [0.4, 0.5) is 18.9 Å². The Labute approximate surface area is 187 Å². The molecule has 1 saturated carbocycles. The van der Waals surface area contributed by atoms with Crippen LogP contribution in [0.15, 0.2) is 73.2 Å². The molecule has 0 unspecified atom stereocenters. The number of hydrogen-bond donors (Lipinski definition) is 2. The highest BCUT2D eigenvalue weighted by Gasteiger charge is 2.34. The van der Waals surface area contributed by atoms with Crippen molar-refractivity contribution in [2.75, 3.05) is 5.32 Å². The highest BCUT2D eigenvalue weighted by Crippen LogP contribution is 2.41. The molecule has 1 aliphatic rings. The van der Waals surface area contributed by atoms with E-state index < -0.39 is 11.7 Å². The third kappa shape index (κ3) is 4.41. The van der Waals surface area contributed by atoms with Gasteiger partial charge in [-0.1, -0.05) is 12.1 Å². The van der Waals surface area contributed by atoms with Gasteiger partial charge in [0.25, 0.3) is 5.91 Å². The van der Waals surface area contributed by atoms with Gasteiger partial charge in [-0.15, -0.1) is 0 Å². The second-order valence-corrected chi connectivity index (χ2v) is 8.13. The third-order valence-electron chi connectivity index (χ3n) is 5.95. The standard InChI is InChI=1S/C25H20F3N3O2/c26-25(27,28)18-3-1-15(2-4-18)17-11-20(12-17)33-19-5-6-22-21(13-19)23(14-30-22)31-24(32)16-7-9-29-10-8-16/h1-10,13-14,17,20,30H,11-12H2,(H,31,32)/t17-,20+. The predicted molar refractivity (Wildman–Crippen MR) is 118 cm³/mol. The van der Waals surface area contributed by atoms with Crippen LogP contribution >= 0.6 is 0 Å². The highest BCUT2D eigenvalue weighted by molar-refractivity contribution is 6.09. The van der Waals surface area contributed by atoms with Crippen molar-refractivity contribution >= 4 is 22.5 Å². The predicted octanol–water partition coefficient (Wildman–Crippen LogP) is 6.16. The first kappa shape index (κ1) is 21.1. The van der Waals surface area contributed by atoms with Gasteiger partial charge in [-0.25, -0.2) is 0 Å². The number of halogens is 3. The topological polar surface area (TPSA) is 67.0 Å². The van der Waals surface area contributed by atoms with E-state index in [1.807, 2.05) is 18.2 Å². The quantitative estimate of drug-likeness (QED) is 0.382. The van der Waals surface area contributed by atoms with Crippen molar-refractivity contribution in [2.24, 2.45) is 0 Å². The van der Waals surface area contributed by atoms with Crippen LogP contribution in [0.5, 0.6) is 5.75 Å². The summed E-state index contributed by atoms with van der Waals surface area (Å²) >= 11 is 0. The van der Waals surface area contributed by atoms with Crippen LogP contribution in [-0.2, 0) is 6.18 Å². The summed E-state index contributed by atoms with van der Waals surface area (Å²) in [4.78, 5) is 19.5. The van der Waals surface area contributed by atoms with E-state index >= 15 is 0 Å². The molecule has 4 aromatic rings. The number of amides is 1. The molecule has 2 N–H and O–H groups in total. The minimum atomic E-state index is -4.32. The number of nitrogens with one attached hydrogen (secondary N) is 2. The van der Waals surface area contributed by atoms with Gasteiger partial charge in [-0.05, 0) is 66.8 Å². The Bertz CT molecular complexity index is 1280. The minimum absolute atomic E-state index is 0.0106. The van der Waals surface area contributed by atoms with E-state index in [4.69, 9.17) is 4.74 Å². The summed E-state index contributed by atoms with van der Waals surface area (Å²) < 4.78 is 44.3. The summed E-state index contributed by atoms with van der Waals surface area (Å²) in [6.07, 6.45) is 2.00. The fourth-order valence-corrected chi connectivity index (χ4v) is 4.04. The number of benzene rings is 2. The molecule has 0 aliphatic heterocycles. The summed E-state index contributed by atoms with van der Waals surface area (Å²) in [7, 11) is 0.